The van der Waals surface area contributed by atoms with E-state index in [0.717, 1.165) is 0 Å². The molecule has 4 nitrogen and oxygen atoms in total. The third kappa shape index (κ3) is 1.88. The SMILES string of the molecule is Nc1cccc(Cl)c1CN1C(=O)CCC1=O. The van der Waals surface area contributed by atoms with Crippen molar-refractivity contribution in [3.8, 4) is 0 Å². The minimum Gasteiger partial charge on any atom is -0.398 e. The molecule has 1 aromatic carbocycles. The van der Waals surface area contributed by atoms with Gasteiger partial charge in [0.2, 0.25) is 11.8 Å². The Morgan fingerprint density at radius 1 is 1.25 bits per heavy atom. The number of halogens is 1. The zero-order valence-corrected chi connectivity index (χ0v) is 9.33. The summed E-state index contributed by atoms with van der Waals surface area (Å²) in [6, 6.07) is 5.12. The highest BCUT2D eigenvalue weighted by molar-refractivity contribution is 6.31. The number of nitrogen functional groups attached to an aromatic ring is 1. The van der Waals surface area contributed by atoms with E-state index in [0.29, 0.717) is 16.3 Å². The number of carbonyl (C=O) groups is 2. The van der Waals surface area contributed by atoms with Crippen LogP contribution in [0, 0.1) is 0 Å². The van der Waals surface area contributed by atoms with E-state index in [4.69, 9.17) is 17.3 Å². The lowest BCUT2D eigenvalue weighted by Gasteiger charge is -2.16. The molecule has 5 heteroatoms. The van der Waals surface area contributed by atoms with Crippen molar-refractivity contribution in [3.05, 3.63) is 28.8 Å². The first-order chi connectivity index (χ1) is 7.59. The Hall–Kier alpha value is -1.55. The molecule has 1 heterocycles. The third-order valence-corrected chi connectivity index (χ3v) is 2.98. The number of rotatable bonds is 2. The summed E-state index contributed by atoms with van der Waals surface area (Å²) in [5.41, 5.74) is 6.89. The first kappa shape index (κ1) is 11.0. The van der Waals surface area contributed by atoms with Crippen molar-refractivity contribution in [2.24, 2.45) is 0 Å². The van der Waals surface area contributed by atoms with E-state index in [2.05, 4.69) is 0 Å². The predicted octanol–water partition coefficient (Wildman–Crippen LogP) is 1.57. The lowest BCUT2D eigenvalue weighted by atomic mass is 10.1. The maximum absolute atomic E-state index is 11.4. The van der Waals surface area contributed by atoms with Gasteiger partial charge in [-0.05, 0) is 12.1 Å². The number of hydrogen-bond acceptors (Lipinski definition) is 3. The Bertz CT molecular complexity index is 423. The molecule has 0 bridgehead atoms. The molecule has 2 rings (SSSR count). The van der Waals surface area contributed by atoms with Crippen molar-refractivity contribution in [3.63, 3.8) is 0 Å². The summed E-state index contributed by atoms with van der Waals surface area (Å²) in [5.74, 6) is -0.325. The third-order valence-electron chi connectivity index (χ3n) is 2.63. The molecule has 0 unspecified atom stereocenters. The summed E-state index contributed by atoms with van der Waals surface area (Å²) in [4.78, 5) is 24.1. The highest BCUT2D eigenvalue weighted by Gasteiger charge is 2.29. The number of likely N-dealkylation sites (tertiary alicyclic amines) is 1. The molecule has 0 saturated carbocycles. The van der Waals surface area contributed by atoms with Crippen molar-refractivity contribution in [2.75, 3.05) is 5.73 Å². The lowest BCUT2D eigenvalue weighted by molar-refractivity contribution is -0.139. The van der Waals surface area contributed by atoms with Crippen LogP contribution < -0.4 is 5.73 Å². The van der Waals surface area contributed by atoms with E-state index in [1.54, 1.807) is 18.2 Å². The van der Waals surface area contributed by atoms with Crippen LogP contribution in [0.25, 0.3) is 0 Å². The molecule has 0 aromatic heterocycles. The highest BCUT2D eigenvalue weighted by atomic mass is 35.5. The van der Waals surface area contributed by atoms with Crippen LogP contribution in [-0.4, -0.2) is 16.7 Å². The zero-order valence-electron chi connectivity index (χ0n) is 8.57. The zero-order chi connectivity index (χ0) is 11.7. The van der Waals surface area contributed by atoms with E-state index in [1.807, 2.05) is 0 Å². The van der Waals surface area contributed by atoms with Crippen molar-refractivity contribution >= 4 is 29.1 Å². The molecule has 1 saturated heterocycles. The van der Waals surface area contributed by atoms with Crippen LogP contribution in [0.1, 0.15) is 18.4 Å². The van der Waals surface area contributed by atoms with Gasteiger partial charge in [-0.15, -0.1) is 0 Å². The second-order valence-electron chi connectivity index (χ2n) is 3.68. The summed E-state index contributed by atoms with van der Waals surface area (Å²) >= 11 is 5.97. The normalized spacial score (nSPS) is 15.9. The number of nitrogens with zero attached hydrogens (tertiary/aromatic N) is 1. The van der Waals surface area contributed by atoms with E-state index in [-0.39, 0.29) is 31.2 Å². The number of carbonyl (C=O) groups excluding carboxylic acids is 2. The summed E-state index contributed by atoms with van der Waals surface area (Å²) < 4.78 is 0. The molecule has 2 amide bonds. The molecular weight excluding hydrogens is 228 g/mol. The molecule has 0 atom stereocenters. The molecule has 1 aliphatic heterocycles. The lowest BCUT2D eigenvalue weighted by Crippen LogP contribution is -2.28. The minimum atomic E-state index is -0.163. The number of benzene rings is 1. The van der Waals surface area contributed by atoms with E-state index in [1.165, 1.54) is 4.90 Å². The van der Waals surface area contributed by atoms with E-state index < -0.39 is 0 Å². The van der Waals surface area contributed by atoms with E-state index >= 15 is 0 Å². The van der Waals surface area contributed by atoms with Crippen LogP contribution in [-0.2, 0) is 16.1 Å². The Balaban J connectivity index is 2.27. The largest absolute Gasteiger partial charge is 0.398 e. The van der Waals surface area contributed by atoms with Crippen LogP contribution in [0.15, 0.2) is 18.2 Å². The molecular formula is C11H11ClN2O2. The Kier molecular flexibility index (Phi) is 2.83. The molecule has 84 valence electrons. The van der Waals surface area contributed by atoms with E-state index in [9.17, 15) is 9.59 Å². The van der Waals surface area contributed by atoms with Gasteiger partial charge >= 0.3 is 0 Å². The van der Waals surface area contributed by atoms with Gasteiger partial charge in [0.1, 0.15) is 0 Å². The fraction of sp³-hybridized carbons (Fsp3) is 0.273. The van der Waals surface area contributed by atoms with Crippen LogP contribution in [0.4, 0.5) is 5.69 Å². The van der Waals surface area contributed by atoms with Crippen molar-refractivity contribution in [2.45, 2.75) is 19.4 Å². The van der Waals surface area contributed by atoms with Crippen LogP contribution in [0.5, 0.6) is 0 Å². The number of imide groups is 1. The average molecular weight is 239 g/mol. The van der Waals surface area contributed by atoms with Gasteiger partial charge < -0.3 is 5.73 Å². The summed E-state index contributed by atoms with van der Waals surface area (Å²) in [7, 11) is 0. The van der Waals surface area contributed by atoms with Gasteiger partial charge in [0.15, 0.2) is 0 Å². The standard InChI is InChI=1S/C11H11ClN2O2/c12-8-2-1-3-9(13)7(8)6-14-10(15)4-5-11(14)16/h1-3H,4-6,13H2. The Morgan fingerprint density at radius 3 is 2.44 bits per heavy atom. The average Bonchev–Trinajstić information content (AvgIpc) is 2.54. The molecule has 0 aliphatic carbocycles. The maximum Gasteiger partial charge on any atom is 0.230 e. The Labute approximate surface area is 98.0 Å². The van der Waals surface area contributed by atoms with Gasteiger partial charge in [-0.1, -0.05) is 17.7 Å². The number of anilines is 1. The predicted molar refractivity (Wildman–Crippen MR) is 60.7 cm³/mol. The van der Waals surface area contributed by atoms with Crippen LogP contribution >= 0.6 is 11.6 Å². The molecule has 1 fully saturated rings. The summed E-state index contributed by atoms with van der Waals surface area (Å²) in [5, 5.41) is 0.479. The topological polar surface area (TPSA) is 63.4 Å². The van der Waals surface area contributed by atoms with Crippen molar-refractivity contribution in [1.29, 1.82) is 0 Å². The first-order valence-corrected chi connectivity index (χ1v) is 5.33. The Morgan fingerprint density at radius 2 is 1.88 bits per heavy atom. The second-order valence-corrected chi connectivity index (χ2v) is 4.09. The molecule has 1 aliphatic rings. The van der Waals surface area contributed by atoms with Crippen molar-refractivity contribution < 1.29 is 9.59 Å². The van der Waals surface area contributed by atoms with Gasteiger partial charge in [-0.2, -0.15) is 0 Å². The smallest absolute Gasteiger partial charge is 0.230 e. The molecule has 2 N–H and O–H groups in total. The first-order valence-electron chi connectivity index (χ1n) is 4.95. The van der Waals surface area contributed by atoms with Gasteiger partial charge in [-0.25, -0.2) is 0 Å². The van der Waals surface area contributed by atoms with Crippen LogP contribution in [0.2, 0.25) is 5.02 Å². The van der Waals surface area contributed by atoms with Crippen molar-refractivity contribution in [1.82, 2.24) is 4.90 Å². The summed E-state index contributed by atoms with van der Waals surface area (Å²) in [6.07, 6.45) is 0.562. The highest BCUT2D eigenvalue weighted by Crippen LogP contribution is 2.25. The van der Waals surface area contributed by atoms with Gasteiger partial charge in [0.05, 0.1) is 6.54 Å². The monoisotopic (exact) mass is 238 g/mol. The fourth-order valence-corrected chi connectivity index (χ4v) is 1.94. The molecule has 0 radical (unpaired) electrons. The van der Waals surface area contributed by atoms with Gasteiger partial charge in [-0.3, -0.25) is 14.5 Å². The second kappa shape index (κ2) is 4.14. The minimum absolute atomic E-state index is 0.163. The quantitative estimate of drug-likeness (QED) is 0.628. The van der Waals surface area contributed by atoms with Gasteiger partial charge in [0, 0.05) is 29.1 Å². The molecule has 1 aromatic rings. The van der Waals surface area contributed by atoms with Gasteiger partial charge in [0.25, 0.3) is 0 Å². The van der Waals surface area contributed by atoms with Crippen LogP contribution in [0.3, 0.4) is 0 Å². The number of nitrogens with two attached hydrogens (primary N) is 1. The number of amides is 2. The fourth-order valence-electron chi connectivity index (χ4n) is 1.70. The maximum atomic E-state index is 11.4. The molecule has 0 spiro atoms. The summed E-state index contributed by atoms with van der Waals surface area (Å²) in [6.45, 7) is 0.170. The molecule has 16 heavy (non-hydrogen) atoms. The number of hydrogen-bond donors (Lipinski definition) is 1.